The van der Waals surface area contributed by atoms with E-state index >= 15 is 0 Å². The van der Waals surface area contributed by atoms with Crippen molar-refractivity contribution in [2.45, 2.75) is 33.3 Å². The SMILES string of the molecule is CC.CC(C)(O)C#Cc1ccc(Br)c2ccccc12. The summed E-state index contributed by atoms with van der Waals surface area (Å²) in [7, 11) is 0. The van der Waals surface area contributed by atoms with Crippen LogP contribution in [0.15, 0.2) is 40.9 Å². The van der Waals surface area contributed by atoms with Gasteiger partial charge in [-0.05, 0) is 36.8 Å². The lowest BCUT2D eigenvalue weighted by Crippen LogP contribution is -2.14. The molecule has 2 heteroatoms. The van der Waals surface area contributed by atoms with Crippen LogP contribution in [0.1, 0.15) is 33.3 Å². The summed E-state index contributed by atoms with van der Waals surface area (Å²) in [6, 6.07) is 12.0. The normalized spacial score (nSPS) is 10.2. The largest absolute Gasteiger partial charge is 0.378 e. The van der Waals surface area contributed by atoms with Crippen molar-refractivity contribution >= 4 is 26.7 Å². The predicted molar refractivity (Wildman–Crippen MR) is 86.2 cm³/mol. The maximum Gasteiger partial charge on any atom is 0.120 e. The van der Waals surface area contributed by atoms with E-state index in [0.717, 1.165) is 20.8 Å². The van der Waals surface area contributed by atoms with Crippen molar-refractivity contribution in [3.05, 3.63) is 46.4 Å². The Kier molecular flexibility index (Phi) is 5.60. The molecule has 0 atom stereocenters. The van der Waals surface area contributed by atoms with Gasteiger partial charge in [-0.3, -0.25) is 0 Å². The van der Waals surface area contributed by atoms with Gasteiger partial charge in [-0.15, -0.1) is 0 Å². The van der Waals surface area contributed by atoms with Gasteiger partial charge in [0.1, 0.15) is 5.60 Å². The molecule has 0 heterocycles. The van der Waals surface area contributed by atoms with Crippen LogP contribution in [0.3, 0.4) is 0 Å². The average molecular weight is 319 g/mol. The lowest BCUT2D eigenvalue weighted by atomic mass is 10.0. The van der Waals surface area contributed by atoms with Gasteiger partial charge in [0, 0.05) is 10.0 Å². The second kappa shape index (κ2) is 6.75. The van der Waals surface area contributed by atoms with Gasteiger partial charge in [0.05, 0.1) is 0 Å². The topological polar surface area (TPSA) is 20.2 Å². The van der Waals surface area contributed by atoms with Crippen LogP contribution in [0.4, 0.5) is 0 Å². The minimum absolute atomic E-state index is 0.936. The third kappa shape index (κ3) is 4.38. The molecule has 0 spiro atoms. The third-order valence-corrected chi connectivity index (χ3v) is 3.07. The minimum Gasteiger partial charge on any atom is -0.378 e. The zero-order valence-electron chi connectivity index (χ0n) is 11.8. The highest BCUT2D eigenvalue weighted by Gasteiger charge is 2.07. The number of rotatable bonds is 0. The van der Waals surface area contributed by atoms with Crippen LogP contribution in [0.2, 0.25) is 0 Å². The Morgan fingerprint density at radius 2 is 1.58 bits per heavy atom. The first kappa shape index (κ1) is 15.8. The van der Waals surface area contributed by atoms with Crippen molar-refractivity contribution in [2.75, 3.05) is 0 Å². The summed E-state index contributed by atoms with van der Waals surface area (Å²) in [4.78, 5) is 0. The molecule has 0 aliphatic carbocycles. The summed E-state index contributed by atoms with van der Waals surface area (Å²) >= 11 is 3.52. The van der Waals surface area contributed by atoms with Crippen LogP contribution < -0.4 is 0 Å². The Balaban J connectivity index is 0.000000861. The second-order valence-electron chi connectivity index (χ2n) is 4.45. The third-order valence-electron chi connectivity index (χ3n) is 2.37. The zero-order chi connectivity index (χ0) is 14.5. The van der Waals surface area contributed by atoms with Crippen LogP contribution in [0, 0.1) is 11.8 Å². The molecule has 1 nitrogen and oxygen atoms in total. The van der Waals surface area contributed by atoms with Crippen molar-refractivity contribution in [1.29, 1.82) is 0 Å². The summed E-state index contributed by atoms with van der Waals surface area (Å²) in [5, 5.41) is 11.9. The van der Waals surface area contributed by atoms with Gasteiger partial charge in [0.25, 0.3) is 0 Å². The van der Waals surface area contributed by atoms with E-state index in [0.29, 0.717) is 0 Å². The van der Waals surface area contributed by atoms with Crippen molar-refractivity contribution in [1.82, 2.24) is 0 Å². The van der Waals surface area contributed by atoms with E-state index in [1.807, 2.05) is 44.2 Å². The molecule has 0 saturated carbocycles. The van der Waals surface area contributed by atoms with Crippen molar-refractivity contribution in [2.24, 2.45) is 0 Å². The number of hydrogen-bond acceptors (Lipinski definition) is 1. The molecule has 19 heavy (non-hydrogen) atoms. The summed E-state index contributed by atoms with van der Waals surface area (Å²) < 4.78 is 1.06. The van der Waals surface area contributed by atoms with Crippen LogP contribution in [0.25, 0.3) is 10.8 Å². The monoisotopic (exact) mass is 318 g/mol. The van der Waals surface area contributed by atoms with Crippen molar-refractivity contribution in [3.63, 3.8) is 0 Å². The summed E-state index contributed by atoms with van der Waals surface area (Å²) in [5.41, 5.74) is -0.0281. The fourth-order valence-corrected chi connectivity index (χ4v) is 2.07. The Labute approximate surface area is 123 Å². The van der Waals surface area contributed by atoms with Crippen LogP contribution in [-0.2, 0) is 0 Å². The Hall–Kier alpha value is -1.30. The molecule has 100 valence electrons. The number of hydrogen-bond donors (Lipinski definition) is 1. The molecule has 0 unspecified atom stereocenters. The number of benzene rings is 2. The Bertz CT molecular complexity index is 612. The number of aliphatic hydroxyl groups is 1. The molecule has 0 amide bonds. The molecule has 2 aromatic rings. The van der Waals surface area contributed by atoms with Gasteiger partial charge < -0.3 is 5.11 Å². The second-order valence-corrected chi connectivity index (χ2v) is 5.30. The maximum atomic E-state index is 9.62. The smallest absolute Gasteiger partial charge is 0.120 e. The first-order valence-corrected chi connectivity index (χ1v) is 7.19. The molecule has 2 aromatic carbocycles. The highest BCUT2D eigenvalue weighted by molar-refractivity contribution is 9.10. The molecule has 0 fully saturated rings. The fraction of sp³-hybridized carbons (Fsp3) is 0.294. The Morgan fingerprint density at radius 1 is 1.00 bits per heavy atom. The van der Waals surface area contributed by atoms with Gasteiger partial charge in [0.2, 0.25) is 0 Å². The summed E-state index contributed by atoms with van der Waals surface area (Å²) in [6.07, 6.45) is 0. The molecule has 0 saturated heterocycles. The van der Waals surface area contributed by atoms with E-state index in [4.69, 9.17) is 0 Å². The average Bonchev–Trinajstić information content (AvgIpc) is 2.40. The first-order chi connectivity index (χ1) is 8.97. The molecule has 0 aromatic heterocycles. The highest BCUT2D eigenvalue weighted by Crippen LogP contribution is 2.26. The van der Waals surface area contributed by atoms with E-state index in [2.05, 4.69) is 33.8 Å². The van der Waals surface area contributed by atoms with Gasteiger partial charge >= 0.3 is 0 Å². The lowest BCUT2D eigenvalue weighted by molar-refractivity contribution is 0.143. The zero-order valence-corrected chi connectivity index (χ0v) is 13.4. The minimum atomic E-state index is -0.964. The van der Waals surface area contributed by atoms with E-state index < -0.39 is 5.60 Å². The van der Waals surface area contributed by atoms with E-state index in [1.165, 1.54) is 0 Å². The molecule has 0 aliphatic rings. The molecule has 2 rings (SSSR count). The molecule has 1 N–H and O–H groups in total. The van der Waals surface area contributed by atoms with E-state index in [9.17, 15) is 5.11 Å². The van der Waals surface area contributed by atoms with Crippen LogP contribution in [0.5, 0.6) is 0 Å². The lowest BCUT2D eigenvalue weighted by Gasteiger charge is -2.07. The highest BCUT2D eigenvalue weighted by atomic mass is 79.9. The van der Waals surface area contributed by atoms with Crippen LogP contribution >= 0.6 is 15.9 Å². The molecular weight excluding hydrogens is 300 g/mol. The molecule has 0 bridgehead atoms. The summed E-state index contributed by atoms with van der Waals surface area (Å²) in [5.74, 6) is 5.87. The van der Waals surface area contributed by atoms with Gasteiger partial charge in [-0.1, -0.05) is 65.9 Å². The maximum absolute atomic E-state index is 9.62. The van der Waals surface area contributed by atoms with Crippen molar-refractivity contribution in [3.8, 4) is 11.8 Å². The van der Waals surface area contributed by atoms with E-state index in [-0.39, 0.29) is 0 Å². The number of halogens is 1. The standard InChI is InChI=1S/C15H13BrO.C2H6/c1-15(2,17)10-9-11-7-8-14(16)13-6-4-3-5-12(11)13;1-2/h3-8,17H,1-2H3;1-2H3. The van der Waals surface area contributed by atoms with Gasteiger partial charge in [-0.25, -0.2) is 0 Å². The quantitative estimate of drug-likeness (QED) is 0.695. The first-order valence-electron chi connectivity index (χ1n) is 6.40. The molecular formula is C17H19BrO. The van der Waals surface area contributed by atoms with Crippen molar-refractivity contribution < 1.29 is 5.11 Å². The van der Waals surface area contributed by atoms with Crippen LogP contribution in [-0.4, -0.2) is 10.7 Å². The van der Waals surface area contributed by atoms with E-state index in [1.54, 1.807) is 13.8 Å². The Morgan fingerprint density at radius 3 is 2.16 bits per heavy atom. The molecule has 0 radical (unpaired) electrons. The predicted octanol–water partition coefficient (Wildman–Crippen LogP) is 4.75. The number of fused-ring (bicyclic) bond motifs is 1. The molecule has 0 aliphatic heterocycles. The van der Waals surface area contributed by atoms with Gasteiger partial charge in [-0.2, -0.15) is 0 Å². The summed E-state index contributed by atoms with van der Waals surface area (Å²) in [6.45, 7) is 7.36. The fourth-order valence-electron chi connectivity index (χ4n) is 1.59. The van der Waals surface area contributed by atoms with Gasteiger partial charge in [0.15, 0.2) is 0 Å².